The van der Waals surface area contributed by atoms with Crippen molar-refractivity contribution < 1.29 is 9.53 Å². The van der Waals surface area contributed by atoms with Gasteiger partial charge in [-0.25, -0.2) is 0 Å². The molecular weight excluding hydrogens is 478 g/mol. The van der Waals surface area contributed by atoms with Crippen molar-refractivity contribution in [1.82, 2.24) is 29.6 Å². The number of hydrogen-bond donors (Lipinski definition) is 1. The minimum absolute atomic E-state index is 0.0974. The number of rotatable bonds is 5. The van der Waals surface area contributed by atoms with E-state index in [-0.39, 0.29) is 18.2 Å². The van der Waals surface area contributed by atoms with E-state index in [9.17, 15) is 4.79 Å². The predicted octanol–water partition coefficient (Wildman–Crippen LogP) is 4.63. The molecule has 1 N–H and O–H groups in total. The molecule has 0 saturated heterocycles. The Morgan fingerprint density at radius 2 is 1.92 bits per heavy atom. The van der Waals surface area contributed by atoms with Gasteiger partial charge in [-0.2, -0.15) is 14.3 Å². The summed E-state index contributed by atoms with van der Waals surface area (Å²) in [6, 6.07) is 19.0. The molecule has 0 saturated carbocycles. The van der Waals surface area contributed by atoms with E-state index in [1.165, 1.54) is 0 Å². The van der Waals surface area contributed by atoms with E-state index in [1.54, 1.807) is 9.20 Å². The van der Waals surface area contributed by atoms with Crippen molar-refractivity contribution in [1.29, 1.82) is 0 Å². The van der Waals surface area contributed by atoms with Crippen LogP contribution in [0.1, 0.15) is 40.5 Å². The molecule has 1 amide bonds. The van der Waals surface area contributed by atoms with Gasteiger partial charge in [0.05, 0.1) is 5.69 Å². The summed E-state index contributed by atoms with van der Waals surface area (Å²) >= 11 is 6.13. The van der Waals surface area contributed by atoms with E-state index in [0.29, 0.717) is 34.7 Å². The van der Waals surface area contributed by atoms with Gasteiger partial charge in [0.15, 0.2) is 17.3 Å². The lowest BCUT2D eigenvalue weighted by molar-refractivity contribution is -0.116. The lowest BCUT2D eigenvalue weighted by Gasteiger charge is -2.26. The topological polar surface area (TPSA) is 99.2 Å². The van der Waals surface area contributed by atoms with E-state index < -0.39 is 0 Å². The zero-order chi connectivity index (χ0) is 24.8. The Bertz CT molecular complexity index is 1620. The maximum atomic E-state index is 12.9. The molecule has 10 heteroatoms. The molecule has 9 nitrogen and oxygen atoms in total. The zero-order valence-corrected chi connectivity index (χ0v) is 20.4. The lowest BCUT2D eigenvalue weighted by Crippen LogP contribution is -2.25. The molecule has 1 aliphatic rings. The van der Waals surface area contributed by atoms with Crippen molar-refractivity contribution >= 4 is 29.0 Å². The number of fused-ring (bicyclic) bond motifs is 2. The third-order valence-corrected chi connectivity index (χ3v) is 6.54. The number of halogens is 1. The van der Waals surface area contributed by atoms with Crippen LogP contribution < -0.4 is 10.1 Å². The fraction of sp³-hybridized carbons (Fsp3) is 0.192. The van der Waals surface area contributed by atoms with Crippen LogP contribution in [0.2, 0.25) is 5.02 Å². The first kappa shape index (κ1) is 22.2. The molecule has 0 bridgehead atoms. The van der Waals surface area contributed by atoms with Crippen LogP contribution >= 0.6 is 11.6 Å². The van der Waals surface area contributed by atoms with Crippen LogP contribution in [-0.2, 0) is 11.4 Å². The molecule has 5 aromatic rings. The Labute approximate surface area is 211 Å². The summed E-state index contributed by atoms with van der Waals surface area (Å²) in [5.74, 6) is 2.22. The molecule has 3 aromatic heterocycles. The fourth-order valence-electron chi connectivity index (χ4n) is 4.67. The third kappa shape index (κ3) is 3.87. The van der Waals surface area contributed by atoms with Crippen molar-refractivity contribution in [3.63, 3.8) is 0 Å². The van der Waals surface area contributed by atoms with Gasteiger partial charge in [-0.05, 0) is 49.7 Å². The molecular formula is C26H22ClN7O2. The molecule has 0 unspecified atom stereocenters. The number of nitrogens with zero attached hydrogens (tertiary/aromatic N) is 6. The van der Waals surface area contributed by atoms with Crippen molar-refractivity contribution in [2.75, 3.05) is 5.32 Å². The Morgan fingerprint density at radius 3 is 2.78 bits per heavy atom. The maximum Gasteiger partial charge on any atom is 0.226 e. The molecule has 0 fully saturated rings. The highest BCUT2D eigenvalue weighted by atomic mass is 35.5. The average molecular weight is 500 g/mol. The highest BCUT2D eigenvalue weighted by Crippen LogP contribution is 2.43. The van der Waals surface area contributed by atoms with Gasteiger partial charge in [0.2, 0.25) is 5.91 Å². The quantitative estimate of drug-likeness (QED) is 0.378. The molecule has 36 heavy (non-hydrogen) atoms. The number of nitrogens with one attached hydrogen (secondary N) is 1. The number of anilines is 1. The highest BCUT2D eigenvalue weighted by molar-refractivity contribution is 6.30. The minimum atomic E-state index is -0.224. The van der Waals surface area contributed by atoms with Crippen molar-refractivity contribution in [3.8, 4) is 11.6 Å². The Balaban J connectivity index is 1.40. The summed E-state index contributed by atoms with van der Waals surface area (Å²) in [4.78, 5) is 12.9. The normalized spacial score (nSPS) is 15.1. The first-order chi connectivity index (χ1) is 17.5. The lowest BCUT2D eigenvalue weighted by atomic mass is 9.85. The van der Waals surface area contributed by atoms with Gasteiger partial charge in [0.1, 0.15) is 18.2 Å². The first-order valence-corrected chi connectivity index (χ1v) is 11.9. The number of amides is 1. The molecule has 0 radical (unpaired) electrons. The van der Waals surface area contributed by atoms with Crippen LogP contribution in [0.25, 0.3) is 11.5 Å². The van der Waals surface area contributed by atoms with E-state index in [2.05, 4.69) is 20.6 Å². The van der Waals surface area contributed by atoms with Gasteiger partial charge >= 0.3 is 0 Å². The average Bonchev–Trinajstić information content (AvgIpc) is 3.41. The van der Waals surface area contributed by atoms with E-state index in [0.717, 1.165) is 28.1 Å². The largest absolute Gasteiger partial charge is 0.489 e. The fourth-order valence-corrected chi connectivity index (χ4v) is 4.88. The predicted molar refractivity (Wildman–Crippen MR) is 135 cm³/mol. The van der Waals surface area contributed by atoms with Gasteiger partial charge in [-0.3, -0.25) is 4.79 Å². The van der Waals surface area contributed by atoms with E-state index >= 15 is 0 Å². The van der Waals surface area contributed by atoms with Gasteiger partial charge in [-0.1, -0.05) is 41.9 Å². The van der Waals surface area contributed by atoms with Crippen molar-refractivity contribution in [2.45, 2.75) is 32.8 Å². The van der Waals surface area contributed by atoms with Crippen LogP contribution in [-0.4, -0.2) is 35.5 Å². The Kier molecular flexibility index (Phi) is 5.41. The minimum Gasteiger partial charge on any atom is -0.489 e. The highest BCUT2D eigenvalue weighted by Gasteiger charge is 2.34. The van der Waals surface area contributed by atoms with Crippen LogP contribution in [0, 0.1) is 13.8 Å². The standard InChI is InChI=1S/C26H22ClN7O2/c1-15-25-20(19-8-3-4-9-21(19)36-14-17-6-5-7-18(27)12-17)13-24(35)28-26(25)34(31-15)23-11-10-22-30-29-16(2)33(22)32-23/h3-12,20H,13-14H2,1-2H3,(H,28,35)/t20-/m1/s1. The second-order valence-corrected chi connectivity index (χ2v) is 9.17. The molecule has 1 atom stereocenters. The third-order valence-electron chi connectivity index (χ3n) is 6.30. The number of ether oxygens (including phenoxy) is 1. The van der Waals surface area contributed by atoms with Crippen LogP contribution in [0.3, 0.4) is 0 Å². The van der Waals surface area contributed by atoms with Crippen LogP contribution in [0.15, 0.2) is 60.7 Å². The number of hydrogen-bond acceptors (Lipinski definition) is 6. The SMILES string of the molecule is Cc1nn(-c2ccc3nnc(C)n3n2)c2c1[C@@H](c1ccccc1OCc1cccc(Cl)c1)CC(=O)N2. The number of para-hydroxylation sites is 1. The van der Waals surface area contributed by atoms with Crippen LogP contribution in [0.4, 0.5) is 5.82 Å². The number of carbonyl (C=O) groups excluding carboxylic acids is 1. The molecule has 2 aromatic carbocycles. The maximum absolute atomic E-state index is 12.9. The van der Waals surface area contributed by atoms with E-state index in [1.807, 2.05) is 74.5 Å². The summed E-state index contributed by atoms with van der Waals surface area (Å²) in [6.45, 7) is 4.14. The zero-order valence-electron chi connectivity index (χ0n) is 19.6. The molecule has 6 rings (SSSR count). The Morgan fingerprint density at radius 1 is 1.06 bits per heavy atom. The van der Waals surface area contributed by atoms with Crippen LogP contribution in [0.5, 0.6) is 5.75 Å². The smallest absolute Gasteiger partial charge is 0.226 e. The van der Waals surface area contributed by atoms with Gasteiger partial charge in [0.25, 0.3) is 0 Å². The van der Waals surface area contributed by atoms with Gasteiger partial charge < -0.3 is 10.1 Å². The van der Waals surface area contributed by atoms with Gasteiger partial charge in [0, 0.05) is 28.5 Å². The molecule has 0 spiro atoms. The number of aryl methyl sites for hydroxylation is 2. The summed E-state index contributed by atoms with van der Waals surface area (Å²) in [7, 11) is 0. The Hall–Kier alpha value is -4.24. The number of aromatic nitrogens is 6. The molecule has 180 valence electrons. The van der Waals surface area contributed by atoms with Crippen molar-refractivity contribution in [3.05, 3.63) is 93.9 Å². The molecule has 0 aliphatic carbocycles. The number of carbonyl (C=O) groups is 1. The summed E-state index contributed by atoms with van der Waals surface area (Å²) in [5.41, 5.74) is 4.28. The summed E-state index contributed by atoms with van der Waals surface area (Å²) in [5, 5.41) is 21.2. The molecule has 4 heterocycles. The second kappa shape index (κ2) is 8.76. The monoisotopic (exact) mass is 499 g/mol. The first-order valence-electron chi connectivity index (χ1n) is 11.5. The van der Waals surface area contributed by atoms with E-state index in [4.69, 9.17) is 21.4 Å². The second-order valence-electron chi connectivity index (χ2n) is 8.73. The van der Waals surface area contributed by atoms with Crippen molar-refractivity contribution in [2.24, 2.45) is 0 Å². The molecule has 1 aliphatic heterocycles. The summed E-state index contributed by atoms with van der Waals surface area (Å²) < 4.78 is 9.54. The van der Waals surface area contributed by atoms with Gasteiger partial charge in [-0.15, -0.1) is 15.3 Å². The summed E-state index contributed by atoms with van der Waals surface area (Å²) in [6.07, 6.45) is 0.286. The number of benzene rings is 2.